The summed E-state index contributed by atoms with van der Waals surface area (Å²) in [7, 11) is 3.53. The fourth-order valence-corrected chi connectivity index (χ4v) is 4.55. The monoisotopic (exact) mass is 372 g/mol. The van der Waals surface area contributed by atoms with Crippen LogP contribution in [-0.2, 0) is 16.6 Å². The summed E-state index contributed by atoms with van der Waals surface area (Å²) < 4.78 is 12.8. The molecule has 2 fully saturated rings. The van der Waals surface area contributed by atoms with Crippen LogP contribution in [0.5, 0.6) is 5.75 Å². The van der Waals surface area contributed by atoms with Crippen molar-refractivity contribution in [1.29, 1.82) is 0 Å². The van der Waals surface area contributed by atoms with Crippen molar-refractivity contribution < 1.29 is 24.2 Å². The Kier molecular flexibility index (Phi) is 4.14. The smallest absolute Gasteiger partial charge is 0.314 e. The average molecular weight is 372 g/mol. The first kappa shape index (κ1) is 17.9. The molecule has 3 heterocycles. The predicted octanol–water partition coefficient (Wildman–Crippen LogP) is 2.06. The summed E-state index contributed by atoms with van der Waals surface area (Å²) in [6, 6.07) is 5.68. The van der Waals surface area contributed by atoms with Crippen LogP contribution >= 0.6 is 0 Å². The maximum Gasteiger partial charge on any atom is 0.314 e. The highest BCUT2D eigenvalue weighted by Gasteiger charge is 2.55. The molecule has 0 bridgehead atoms. The van der Waals surface area contributed by atoms with Gasteiger partial charge in [0.25, 0.3) is 5.91 Å². The minimum absolute atomic E-state index is 0.0717. The number of aromatic nitrogens is 1. The molecular formula is C20H24N2O5. The quantitative estimate of drug-likeness (QED) is 0.892. The summed E-state index contributed by atoms with van der Waals surface area (Å²) in [6.07, 6.45) is 0.665. The molecule has 1 N–H and O–H groups in total. The summed E-state index contributed by atoms with van der Waals surface area (Å²) in [5.41, 5.74) is 1.43. The molecule has 0 unspecified atom stereocenters. The number of carboxylic acid groups (broad SMARTS) is 1. The zero-order valence-electron chi connectivity index (χ0n) is 15.8. The zero-order valence-corrected chi connectivity index (χ0v) is 15.8. The van der Waals surface area contributed by atoms with E-state index in [4.69, 9.17) is 9.47 Å². The van der Waals surface area contributed by atoms with E-state index in [1.54, 1.807) is 12.0 Å². The molecule has 1 aromatic carbocycles. The molecule has 1 aromatic heterocycles. The van der Waals surface area contributed by atoms with Gasteiger partial charge in [-0.1, -0.05) is 0 Å². The van der Waals surface area contributed by atoms with Gasteiger partial charge in [-0.25, -0.2) is 0 Å². The first-order valence-electron chi connectivity index (χ1n) is 9.12. The van der Waals surface area contributed by atoms with Crippen molar-refractivity contribution in [2.45, 2.75) is 13.3 Å². The number of hydrogen-bond donors (Lipinski definition) is 1. The number of carbonyl (C=O) groups excluding carboxylic acids is 1. The van der Waals surface area contributed by atoms with E-state index in [1.807, 2.05) is 36.7 Å². The largest absolute Gasteiger partial charge is 0.497 e. The number of aliphatic carboxylic acids is 1. The number of rotatable bonds is 3. The van der Waals surface area contributed by atoms with Gasteiger partial charge in [-0.15, -0.1) is 0 Å². The number of nitrogens with zero attached hydrogens (tertiary/aromatic N) is 2. The molecule has 0 radical (unpaired) electrons. The minimum Gasteiger partial charge on any atom is -0.497 e. The third-order valence-corrected chi connectivity index (χ3v) is 6.29. The van der Waals surface area contributed by atoms with Crippen LogP contribution in [0, 0.1) is 18.3 Å². The van der Waals surface area contributed by atoms with Crippen LogP contribution in [0.3, 0.4) is 0 Å². The van der Waals surface area contributed by atoms with E-state index in [0.717, 1.165) is 16.6 Å². The summed E-state index contributed by atoms with van der Waals surface area (Å²) in [6.45, 7) is 3.27. The van der Waals surface area contributed by atoms with Crippen LogP contribution in [0.15, 0.2) is 18.2 Å². The van der Waals surface area contributed by atoms with Gasteiger partial charge in [0.1, 0.15) is 11.2 Å². The molecular weight excluding hydrogens is 348 g/mol. The van der Waals surface area contributed by atoms with Crippen molar-refractivity contribution in [3.8, 4) is 5.75 Å². The summed E-state index contributed by atoms with van der Waals surface area (Å²) in [4.78, 5) is 27.1. The Hall–Kier alpha value is -2.54. The first-order valence-corrected chi connectivity index (χ1v) is 9.12. The standard InChI is InChI=1S/C20H24N2O5/c1-12-17(15-8-14(26-3)4-5-16(15)21(12)2)18(23)22-9-13-6-7-27-11-20(13,10-22)19(24)25/h4-5,8,13H,6-7,9-11H2,1-3H3,(H,24,25)/t13-,20+/m0/s1. The van der Waals surface area contributed by atoms with E-state index >= 15 is 0 Å². The molecule has 7 nitrogen and oxygen atoms in total. The average Bonchev–Trinajstić information content (AvgIpc) is 3.18. The molecule has 2 aromatic rings. The van der Waals surface area contributed by atoms with Gasteiger partial charge < -0.3 is 24.0 Å². The van der Waals surface area contributed by atoms with E-state index in [0.29, 0.717) is 30.9 Å². The maximum absolute atomic E-state index is 13.4. The third-order valence-electron chi connectivity index (χ3n) is 6.29. The fraction of sp³-hybridized carbons (Fsp3) is 0.500. The second-order valence-electron chi connectivity index (χ2n) is 7.59. The number of aryl methyl sites for hydroxylation is 1. The van der Waals surface area contributed by atoms with Gasteiger partial charge in [0.05, 0.1) is 19.3 Å². The van der Waals surface area contributed by atoms with E-state index in [-0.39, 0.29) is 25.0 Å². The number of carboxylic acids is 1. The molecule has 0 spiro atoms. The lowest BCUT2D eigenvalue weighted by Crippen LogP contribution is -2.46. The molecule has 2 aliphatic heterocycles. The summed E-state index contributed by atoms with van der Waals surface area (Å²) >= 11 is 0. The van der Waals surface area contributed by atoms with Crippen molar-refractivity contribution in [3.63, 3.8) is 0 Å². The Balaban J connectivity index is 1.75. The minimum atomic E-state index is -0.996. The zero-order chi connectivity index (χ0) is 19.3. The van der Waals surface area contributed by atoms with Gasteiger partial charge in [0, 0.05) is 43.3 Å². The van der Waals surface area contributed by atoms with Crippen LogP contribution in [0.4, 0.5) is 0 Å². The van der Waals surface area contributed by atoms with Crippen molar-refractivity contribution in [2.24, 2.45) is 18.4 Å². The van der Waals surface area contributed by atoms with Gasteiger partial charge >= 0.3 is 5.97 Å². The fourth-order valence-electron chi connectivity index (χ4n) is 4.55. The van der Waals surface area contributed by atoms with Crippen LogP contribution < -0.4 is 4.74 Å². The number of likely N-dealkylation sites (tertiary alicyclic amines) is 1. The number of carbonyl (C=O) groups is 2. The van der Waals surface area contributed by atoms with E-state index < -0.39 is 11.4 Å². The van der Waals surface area contributed by atoms with Gasteiger partial charge in [-0.05, 0) is 37.5 Å². The number of benzene rings is 1. The Bertz CT molecular complexity index is 934. The van der Waals surface area contributed by atoms with Crippen LogP contribution in [0.1, 0.15) is 22.5 Å². The number of amides is 1. The Morgan fingerprint density at radius 3 is 2.81 bits per heavy atom. The second kappa shape index (κ2) is 6.27. The number of methoxy groups -OCH3 is 1. The van der Waals surface area contributed by atoms with Gasteiger partial charge in [-0.2, -0.15) is 0 Å². The molecule has 2 saturated heterocycles. The molecule has 2 aliphatic rings. The third kappa shape index (κ3) is 2.52. The van der Waals surface area contributed by atoms with Crippen LogP contribution in [-0.4, -0.2) is 59.9 Å². The molecule has 0 aliphatic carbocycles. The van der Waals surface area contributed by atoms with E-state index in [2.05, 4.69) is 0 Å². The SMILES string of the molecule is COc1ccc2c(c1)c(C(=O)N1C[C@@H]3CCOC[C@]3(C(=O)O)C1)c(C)n2C. The van der Waals surface area contributed by atoms with E-state index in [1.165, 1.54) is 0 Å². The molecule has 4 rings (SSSR count). The van der Waals surface area contributed by atoms with Crippen molar-refractivity contribution >= 4 is 22.8 Å². The molecule has 1 amide bonds. The summed E-state index contributed by atoms with van der Waals surface area (Å²) in [5.74, 6) is -0.384. The highest BCUT2D eigenvalue weighted by atomic mass is 16.5. The summed E-state index contributed by atoms with van der Waals surface area (Å²) in [5, 5.41) is 10.7. The number of ether oxygens (including phenoxy) is 2. The molecule has 2 atom stereocenters. The lowest BCUT2D eigenvalue weighted by atomic mass is 9.76. The number of fused-ring (bicyclic) bond motifs is 2. The molecule has 144 valence electrons. The van der Waals surface area contributed by atoms with Gasteiger partial charge in [-0.3, -0.25) is 9.59 Å². The first-order chi connectivity index (χ1) is 12.9. The van der Waals surface area contributed by atoms with Crippen LogP contribution in [0.25, 0.3) is 10.9 Å². The van der Waals surface area contributed by atoms with Crippen molar-refractivity contribution in [2.75, 3.05) is 33.4 Å². The van der Waals surface area contributed by atoms with Gasteiger partial charge in [0.2, 0.25) is 0 Å². The lowest BCUT2D eigenvalue weighted by molar-refractivity contribution is -0.159. The molecule has 27 heavy (non-hydrogen) atoms. The topological polar surface area (TPSA) is 81.0 Å². The molecule has 0 saturated carbocycles. The molecule has 7 heteroatoms. The second-order valence-corrected chi connectivity index (χ2v) is 7.59. The number of hydrogen-bond acceptors (Lipinski definition) is 4. The highest BCUT2D eigenvalue weighted by Crippen LogP contribution is 2.42. The Morgan fingerprint density at radius 2 is 2.15 bits per heavy atom. The maximum atomic E-state index is 13.4. The Morgan fingerprint density at radius 1 is 1.37 bits per heavy atom. The highest BCUT2D eigenvalue weighted by molar-refractivity contribution is 6.09. The van der Waals surface area contributed by atoms with Gasteiger partial charge in [0.15, 0.2) is 0 Å². The van der Waals surface area contributed by atoms with Crippen molar-refractivity contribution in [1.82, 2.24) is 9.47 Å². The normalized spacial score (nSPS) is 24.9. The Labute approximate surface area is 157 Å². The van der Waals surface area contributed by atoms with Crippen LogP contribution in [0.2, 0.25) is 0 Å². The lowest BCUT2D eigenvalue weighted by Gasteiger charge is -2.33. The predicted molar refractivity (Wildman–Crippen MR) is 99.1 cm³/mol. The van der Waals surface area contributed by atoms with E-state index in [9.17, 15) is 14.7 Å². The van der Waals surface area contributed by atoms with Crippen molar-refractivity contribution in [3.05, 3.63) is 29.5 Å².